The zero-order valence-electron chi connectivity index (χ0n) is 38.0. The summed E-state index contributed by atoms with van der Waals surface area (Å²) in [6.07, 6.45) is 90.0. The van der Waals surface area contributed by atoms with Crippen molar-refractivity contribution in [2.45, 2.75) is 283 Å². The van der Waals surface area contributed by atoms with Gasteiger partial charge >= 0.3 is 0 Å². The summed E-state index contributed by atoms with van der Waals surface area (Å²) in [4.78, 5) is 0. The molecule has 0 aromatic carbocycles. The van der Waals surface area contributed by atoms with Crippen LogP contribution in [0.15, 0.2) is 72.9 Å². The van der Waals surface area contributed by atoms with Crippen LogP contribution in [0.3, 0.4) is 0 Å². The summed E-state index contributed by atoms with van der Waals surface area (Å²) >= 11 is 0. The molecule has 0 aromatic heterocycles. The Kier molecular flexibility index (Phi) is 46.4. The van der Waals surface area contributed by atoms with E-state index in [1.807, 2.05) is 0 Å². The van der Waals surface area contributed by atoms with Gasteiger partial charge in [-0.1, -0.05) is 285 Å². The number of rotatable bonds is 0. The second-order valence-electron chi connectivity index (χ2n) is 17.7. The Morgan fingerprint density at radius 1 is 0.125 bits per heavy atom. The van der Waals surface area contributed by atoms with E-state index in [1.165, 1.54) is 270 Å². The minimum atomic E-state index is 1.14. The van der Waals surface area contributed by atoms with E-state index in [-0.39, 0.29) is 0 Å². The molecule has 324 valence electrons. The lowest BCUT2D eigenvalue weighted by molar-refractivity contribution is 0.504. The second-order valence-corrected chi connectivity index (χ2v) is 17.7. The lowest BCUT2D eigenvalue weighted by Gasteiger charge is -2.05. The number of hydrogen-bond acceptors (Lipinski definition) is 0. The van der Waals surface area contributed by atoms with Crippen molar-refractivity contribution in [1.82, 2.24) is 0 Å². The molecular weight excluding hydrogens is 673 g/mol. The van der Waals surface area contributed by atoms with E-state index < -0.39 is 0 Å². The maximum atomic E-state index is 2.27. The van der Waals surface area contributed by atoms with Crippen LogP contribution in [0.25, 0.3) is 0 Å². The molecule has 0 unspecified atom stereocenters. The van der Waals surface area contributed by atoms with Gasteiger partial charge in [0.25, 0.3) is 0 Å². The molecule has 6 saturated carbocycles. The summed E-state index contributed by atoms with van der Waals surface area (Å²) in [6, 6.07) is 0. The fourth-order valence-electron chi connectivity index (χ4n) is 7.28. The Balaban J connectivity index is 0.000000313. The molecule has 0 bridgehead atoms. The van der Waals surface area contributed by atoms with Gasteiger partial charge in [-0.15, -0.1) is 0 Å². The van der Waals surface area contributed by atoms with Gasteiger partial charge in [0.15, 0.2) is 0 Å². The zero-order valence-corrected chi connectivity index (χ0v) is 38.0. The van der Waals surface area contributed by atoms with E-state index in [1.54, 1.807) is 0 Å². The molecule has 0 heterocycles. The minimum Gasteiger partial charge on any atom is -0.0885 e. The Hall–Kier alpha value is -1.56. The maximum Gasteiger partial charge on any atom is -0.0169 e. The van der Waals surface area contributed by atoms with E-state index in [2.05, 4.69) is 72.9 Å². The monoisotopic (exact) mass is 773 g/mol. The van der Waals surface area contributed by atoms with Crippen molar-refractivity contribution in [1.29, 1.82) is 0 Å². The number of allylic oxidation sites excluding steroid dienone is 12. The van der Waals surface area contributed by atoms with Gasteiger partial charge in [-0.05, 0) is 70.6 Å². The summed E-state index contributed by atoms with van der Waals surface area (Å²) in [5.41, 5.74) is 0. The minimum absolute atomic E-state index is 1.14. The van der Waals surface area contributed by atoms with Crippen LogP contribution < -0.4 is 0 Å². The summed E-state index contributed by atoms with van der Waals surface area (Å²) in [6.45, 7) is 0. The van der Waals surface area contributed by atoms with Gasteiger partial charge in [0.2, 0.25) is 0 Å². The van der Waals surface area contributed by atoms with Crippen LogP contribution in [-0.4, -0.2) is 0 Å². The molecule has 0 atom stereocenters. The normalized spacial score (nSPS) is 22.3. The van der Waals surface area contributed by atoms with Crippen molar-refractivity contribution in [3.05, 3.63) is 72.9 Å². The van der Waals surface area contributed by atoms with E-state index >= 15 is 0 Å². The first-order valence-corrected chi connectivity index (χ1v) is 25.9. The molecule has 0 amide bonds. The predicted molar refractivity (Wildman–Crippen MR) is 258 cm³/mol. The van der Waals surface area contributed by atoms with Gasteiger partial charge in [-0.25, -0.2) is 0 Å². The van der Waals surface area contributed by atoms with Crippen molar-refractivity contribution < 1.29 is 0 Å². The standard InChI is InChI=1S/C8H16.C7H14.C6H12.C6H10.2C6H8.C5H10.C5H8.C4H8.C3H6/c1-2-4-6-8-7-5-3-1;1-2-4-6-7-5-3-1;4*1-2-4-6-5-3-1;2*1-2-4-5-3-1;1-2-4-3-1;1-2-3-1/h1-8H2;1-7H2;1-6H2;1-2H,3-6H2;1-2,5-6H,3-4H2;1-4H,5-6H2;1-5H2;1-2H,3-5H2;1-4H2;1-3H2. The third-order valence-electron chi connectivity index (χ3n) is 11.7. The van der Waals surface area contributed by atoms with Crippen molar-refractivity contribution in [2.75, 3.05) is 0 Å². The molecule has 0 radical (unpaired) electrons. The third-order valence-corrected chi connectivity index (χ3v) is 11.7. The van der Waals surface area contributed by atoms with Crippen molar-refractivity contribution in [3.8, 4) is 0 Å². The highest BCUT2D eigenvalue weighted by atomic mass is 14.0. The first-order chi connectivity index (χ1) is 28.0. The van der Waals surface area contributed by atoms with Crippen LogP contribution in [0.4, 0.5) is 0 Å². The van der Waals surface area contributed by atoms with Crippen LogP contribution >= 0.6 is 0 Å². The summed E-state index contributed by atoms with van der Waals surface area (Å²) < 4.78 is 0. The molecule has 0 spiro atoms. The number of hydrogen-bond donors (Lipinski definition) is 0. The molecular formula is C56H100. The highest BCUT2D eigenvalue weighted by molar-refractivity contribution is 5.07. The molecule has 0 nitrogen and oxygen atoms in total. The maximum absolute atomic E-state index is 2.27. The van der Waals surface area contributed by atoms with Crippen molar-refractivity contribution in [2.24, 2.45) is 0 Å². The molecule has 0 heteroatoms. The van der Waals surface area contributed by atoms with Gasteiger partial charge in [0.05, 0.1) is 0 Å². The van der Waals surface area contributed by atoms with Gasteiger partial charge in [0, 0.05) is 0 Å². The highest BCUT2D eigenvalue weighted by Gasteiger charge is 1.98. The lowest BCUT2D eigenvalue weighted by Crippen LogP contribution is -1.85. The lowest BCUT2D eigenvalue weighted by atomic mass is 10.0. The summed E-state index contributed by atoms with van der Waals surface area (Å²) in [5.74, 6) is 0. The van der Waals surface area contributed by atoms with E-state index in [0.29, 0.717) is 0 Å². The van der Waals surface area contributed by atoms with Crippen molar-refractivity contribution >= 4 is 0 Å². The second kappa shape index (κ2) is 49.6. The highest BCUT2D eigenvalue weighted by Crippen LogP contribution is 2.18. The fourth-order valence-corrected chi connectivity index (χ4v) is 7.28. The first kappa shape index (κ1) is 52.5. The SMILES string of the molecule is C1=CCC=CC1.C1=CCCC1.C1=CCCC=C1.C1=CCCCC1.C1CC1.C1CCC1.C1CCCC1.C1CCCCC1.C1CCCCCC1.C1CCCCCCC1. The van der Waals surface area contributed by atoms with Crippen molar-refractivity contribution in [3.63, 3.8) is 0 Å². The molecule has 10 aliphatic rings. The Labute approximate surface area is 354 Å². The average Bonchev–Trinajstić information content (AvgIpc) is 3.85. The molecule has 10 rings (SSSR count). The van der Waals surface area contributed by atoms with Gasteiger partial charge in [0.1, 0.15) is 0 Å². The van der Waals surface area contributed by atoms with E-state index in [9.17, 15) is 0 Å². The zero-order chi connectivity index (χ0) is 39.6. The molecule has 6 fully saturated rings. The van der Waals surface area contributed by atoms with Gasteiger partial charge in [-0.3, -0.25) is 0 Å². The average molecular weight is 773 g/mol. The smallest absolute Gasteiger partial charge is 0.0169 e. The third kappa shape index (κ3) is 50.5. The van der Waals surface area contributed by atoms with E-state index in [4.69, 9.17) is 0 Å². The summed E-state index contributed by atoms with van der Waals surface area (Å²) in [5, 5.41) is 0. The van der Waals surface area contributed by atoms with Crippen LogP contribution in [0, 0.1) is 0 Å². The van der Waals surface area contributed by atoms with Crippen LogP contribution in [0.1, 0.15) is 283 Å². The van der Waals surface area contributed by atoms with Crippen LogP contribution in [0.2, 0.25) is 0 Å². The first-order valence-electron chi connectivity index (χ1n) is 25.9. The van der Waals surface area contributed by atoms with Crippen LogP contribution in [0.5, 0.6) is 0 Å². The Bertz CT molecular complexity index is 763. The summed E-state index contributed by atoms with van der Waals surface area (Å²) in [7, 11) is 0. The molecule has 10 aliphatic carbocycles. The topological polar surface area (TPSA) is 0 Å². The molecule has 0 saturated heterocycles. The molecule has 56 heavy (non-hydrogen) atoms. The Morgan fingerprint density at radius 2 is 0.304 bits per heavy atom. The van der Waals surface area contributed by atoms with Gasteiger partial charge in [-0.2, -0.15) is 0 Å². The fraction of sp³-hybridized carbons (Fsp3) is 0.786. The van der Waals surface area contributed by atoms with Gasteiger partial charge < -0.3 is 0 Å². The van der Waals surface area contributed by atoms with Crippen LogP contribution in [-0.2, 0) is 0 Å². The quantitative estimate of drug-likeness (QED) is 0.170. The predicted octanol–water partition coefficient (Wildman–Crippen LogP) is 20.5. The van der Waals surface area contributed by atoms with E-state index in [0.717, 1.165) is 12.8 Å². The molecule has 0 N–H and O–H groups in total. The molecule has 0 aliphatic heterocycles. The Morgan fingerprint density at radius 3 is 0.393 bits per heavy atom. The molecule has 0 aromatic rings. The largest absolute Gasteiger partial charge is 0.0885 e.